The second-order valence-corrected chi connectivity index (χ2v) is 7.17. The smallest absolute Gasteiger partial charge is 0.416 e. The highest BCUT2D eigenvalue weighted by molar-refractivity contribution is 6.53. The molecule has 1 nitrogen and oxygen atoms in total. The molecule has 1 fully saturated rings. The van der Waals surface area contributed by atoms with Crippen LogP contribution < -0.4 is 0 Å². The molecular formula is C13H16F3OSi. The summed E-state index contributed by atoms with van der Waals surface area (Å²) in [5.41, 5.74) is -0.238. The van der Waals surface area contributed by atoms with Gasteiger partial charge in [0.1, 0.15) is 0 Å². The van der Waals surface area contributed by atoms with Crippen molar-refractivity contribution in [3.8, 4) is 0 Å². The van der Waals surface area contributed by atoms with Gasteiger partial charge in [-0.3, -0.25) is 0 Å². The number of benzene rings is 1. The molecule has 0 saturated carbocycles. The molecule has 0 aromatic heterocycles. The van der Waals surface area contributed by atoms with Crippen molar-refractivity contribution < 1.29 is 17.6 Å². The summed E-state index contributed by atoms with van der Waals surface area (Å²) in [6.07, 6.45) is -2.17. The number of alkyl halides is 3. The Bertz CT molecular complexity index is 399. The van der Waals surface area contributed by atoms with E-state index in [1.165, 1.54) is 6.07 Å². The van der Waals surface area contributed by atoms with E-state index in [4.69, 9.17) is 4.43 Å². The van der Waals surface area contributed by atoms with Gasteiger partial charge >= 0.3 is 6.18 Å². The molecule has 0 bridgehead atoms. The van der Waals surface area contributed by atoms with Crippen molar-refractivity contribution in [2.75, 3.05) is 6.61 Å². The third kappa shape index (κ3) is 2.95. The molecule has 1 aliphatic heterocycles. The Labute approximate surface area is 107 Å². The van der Waals surface area contributed by atoms with E-state index in [1.807, 2.05) is 6.92 Å². The topological polar surface area (TPSA) is 9.23 Å². The molecule has 0 aliphatic carbocycles. The van der Waals surface area contributed by atoms with E-state index >= 15 is 0 Å². The minimum atomic E-state index is -4.28. The van der Waals surface area contributed by atoms with Crippen LogP contribution in [0.25, 0.3) is 0 Å². The molecule has 0 spiro atoms. The lowest BCUT2D eigenvalue weighted by atomic mass is 10.0. The standard InChI is InChI=1S/C13H16F3OSi/c1-10(18-9-5-4-8-17-18)11-6-2-3-7-12(11)13(14,15)16/h2-3,6-7,10H,4-5,8-9H2,1H3. The quantitative estimate of drug-likeness (QED) is 0.735. The van der Waals surface area contributed by atoms with Crippen LogP contribution in [-0.4, -0.2) is 15.6 Å². The summed E-state index contributed by atoms with van der Waals surface area (Å²) in [6, 6.07) is 6.81. The molecule has 1 saturated heterocycles. The predicted molar refractivity (Wildman–Crippen MR) is 65.6 cm³/mol. The molecule has 0 N–H and O–H groups in total. The third-order valence-corrected chi connectivity index (χ3v) is 6.02. The minimum Gasteiger partial charge on any atom is -0.416 e. The molecule has 99 valence electrons. The summed E-state index contributed by atoms with van der Waals surface area (Å²) in [6.45, 7) is 2.57. The van der Waals surface area contributed by atoms with Gasteiger partial charge in [-0.2, -0.15) is 13.2 Å². The first-order valence-corrected chi connectivity index (χ1v) is 7.84. The van der Waals surface area contributed by atoms with Crippen LogP contribution in [0.2, 0.25) is 6.04 Å². The van der Waals surface area contributed by atoms with Crippen molar-refractivity contribution in [3.05, 3.63) is 35.4 Å². The Morgan fingerprint density at radius 2 is 1.94 bits per heavy atom. The van der Waals surface area contributed by atoms with Gasteiger partial charge < -0.3 is 4.43 Å². The first-order valence-electron chi connectivity index (χ1n) is 6.15. The van der Waals surface area contributed by atoms with Gasteiger partial charge in [-0.1, -0.05) is 31.5 Å². The largest absolute Gasteiger partial charge is 0.416 e. The van der Waals surface area contributed by atoms with E-state index in [9.17, 15) is 13.2 Å². The predicted octanol–water partition coefficient (Wildman–Crippen LogP) is 4.15. The van der Waals surface area contributed by atoms with Crippen molar-refractivity contribution in [2.24, 2.45) is 0 Å². The summed E-state index contributed by atoms with van der Waals surface area (Å²) < 4.78 is 44.5. The van der Waals surface area contributed by atoms with Crippen LogP contribution in [0, 0.1) is 0 Å². The highest BCUT2D eigenvalue weighted by Crippen LogP contribution is 2.37. The highest BCUT2D eigenvalue weighted by atomic mass is 28.3. The van der Waals surface area contributed by atoms with E-state index in [0.29, 0.717) is 12.2 Å². The van der Waals surface area contributed by atoms with E-state index in [-0.39, 0.29) is 5.54 Å². The average Bonchev–Trinajstić information content (AvgIpc) is 2.38. The number of hydrogen-bond donors (Lipinski definition) is 0. The number of hydrogen-bond acceptors (Lipinski definition) is 1. The maximum Gasteiger partial charge on any atom is 0.416 e. The van der Waals surface area contributed by atoms with Crippen LogP contribution in [0.4, 0.5) is 13.2 Å². The number of halogens is 3. The van der Waals surface area contributed by atoms with Gasteiger partial charge in [-0.15, -0.1) is 0 Å². The first kappa shape index (κ1) is 13.6. The second-order valence-electron chi connectivity index (χ2n) is 4.58. The molecule has 1 aromatic carbocycles. The van der Waals surface area contributed by atoms with E-state index in [0.717, 1.165) is 25.0 Å². The van der Waals surface area contributed by atoms with Crippen LogP contribution in [0.5, 0.6) is 0 Å². The Kier molecular flexibility index (Phi) is 4.12. The Morgan fingerprint density at radius 3 is 2.56 bits per heavy atom. The van der Waals surface area contributed by atoms with Crippen molar-refractivity contribution >= 4 is 9.04 Å². The maximum absolute atomic E-state index is 12.9. The van der Waals surface area contributed by atoms with Crippen LogP contribution in [0.3, 0.4) is 0 Å². The van der Waals surface area contributed by atoms with Gasteiger partial charge in [0.15, 0.2) is 0 Å². The zero-order valence-electron chi connectivity index (χ0n) is 10.3. The van der Waals surface area contributed by atoms with Gasteiger partial charge in [0.2, 0.25) is 9.04 Å². The Hall–Kier alpha value is -0.813. The van der Waals surface area contributed by atoms with Crippen molar-refractivity contribution in [2.45, 2.75) is 37.5 Å². The Balaban J connectivity index is 2.26. The molecule has 1 radical (unpaired) electrons. The van der Waals surface area contributed by atoms with Crippen molar-refractivity contribution in [1.29, 1.82) is 0 Å². The lowest BCUT2D eigenvalue weighted by Crippen LogP contribution is -2.30. The normalized spacial score (nSPS) is 19.8. The zero-order chi connectivity index (χ0) is 13.2. The van der Waals surface area contributed by atoms with E-state index < -0.39 is 20.8 Å². The highest BCUT2D eigenvalue weighted by Gasteiger charge is 2.36. The molecular weight excluding hydrogens is 257 g/mol. The molecule has 2 rings (SSSR count). The zero-order valence-corrected chi connectivity index (χ0v) is 11.3. The lowest BCUT2D eigenvalue weighted by Gasteiger charge is -2.27. The maximum atomic E-state index is 12.9. The Morgan fingerprint density at radius 1 is 1.22 bits per heavy atom. The summed E-state index contributed by atoms with van der Waals surface area (Å²) in [4.78, 5) is 0. The van der Waals surface area contributed by atoms with Crippen molar-refractivity contribution in [3.63, 3.8) is 0 Å². The fourth-order valence-electron chi connectivity index (χ4n) is 2.32. The fourth-order valence-corrected chi connectivity index (χ4v) is 4.76. The summed E-state index contributed by atoms with van der Waals surface area (Å²) >= 11 is 0. The molecule has 1 unspecified atom stereocenters. The molecule has 1 aliphatic rings. The summed E-state index contributed by atoms with van der Waals surface area (Å²) in [7, 11) is -1.16. The number of rotatable bonds is 2. The van der Waals surface area contributed by atoms with Gasteiger partial charge in [-0.25, -0.2) is 0 Å². The van der Waals surface area contributed by atoms with Crippen LogP contribution in [-0.2, 0) is 10.6 Å². The van der Waals surface area contributed by atoms with E-state index in [1.54, 1.807) is 12.1 Å². The van der Waals surface area contributed by atoms with Gasteiger partial charge in [-0.05, 0) is 24.1 Å². The molecule has 1 aromatic rings. The lowest BCUT2D eigenvalue weighted by molar-refractivity contribution is -0.138. The minimum absolute atomic E-state index is 0.117. The summed E-state index contributed by atoms with van der Waals surface area (Å²) in [5.74, 6) is 0. The monoisotopic (exact) mass is 273 g/mol. The van der Waals surface area contributed by atoms with Crippen molar-refractivity contribution in [1.82, 2.24) is 0 Å². The third-order valence-electron chi connectivity index (χ3n) is 3.32. The van der Waals surface area contributed by atoms with Gasteiger partial charge in [0, 0.05) is 12.1 Å². The van der Waals surface area contributed by atoms with E-state index in [2.05, 4.69) is 0 Å². The fraction of sp³-hybridized carbons (Fsp3) is 0.538. The summed E-state index contributed by atoms with van der Waals surface area (Å²) in [5, 5.41) is 0. The second kappa shape index (κ2) is 5.44. The van der Waals surface area contributed by atoms with Gasteiger partial charge in [0.05, 0.1) is 5.56 Å². The van der Waals surface area contributed by atoms with Crippen LogP contribution in [0.15, 0.2) is 24.3 Å². The molecule has 1 heterocycles. The SMILES string of the molecule is CC(c1ccccc1C(F)(F)F)[Si]1CCCCO1. The first-order chi connectivity index (χ1) is 8.50. The van der Waals surface area contributed by atoms with Gasteiger partial charge in [0.25, 0.3) is 0 Å². The van der Waals surface area contributed by atoms with Crippen LogP contribution in [0.1, 0.15) is 36.4 Å². The molecule has 0 amide bonds. The average molecular weight is 273 g/mol. The molecule has 5 heteroatoms. The van der Waals surface area contributed by atoms with Crippen LogP contribution >= 0.6 is 0 Å². The molecule has 18 heavy (non-hydrogen) atoms. The molecule has 1 atom stereocenters.